The van der Waals surface area contributed by atoms with Gasteiger partial charge < -0.3 is 10.2 Å². The number of thiophene rings is 1. The molecule has 122 valence electrons. The van der Waals surface area contributed by atoms with E-state index in [0.29, 0.717) is 18.0 Å². The Morgan fingerprint density at radius 2 is 2.09 bits per heavy atom. The minimum absolute atomic E-state index is 0.210. The smallest absolute Gasteiger partial charge is 0.251 e. The molecule has 1 aliphatic heterocycles. The summed E-state index contributed by atoms with van der Waals surface area (Å²) in [7, 11) is 0. The molecule has 1 aromatic carbocycles. The topological polar surface area (TPSA) is 32.3 Å². The first-order valence-electron chi connectivity index (χ1n) is 8.02. The van der Waals surface area contributed by atoms with Crippen molar-refractivity contribution >= 4 is 17.2 Å². The number of rotatable bonds is 5. The summed E-state index contributed by atoms with van der Waals surface area (Å²) < 4.78 is 13.1. The van der Waals surface area contributed by atoms with Gasteiger partial charge in [-0.3, -0.25) is 4.79 Å². The second-order valence-electron chi connectivity index (χ2n) is 5.90. The third-order valence-corrected chi connectivity index (χ3v) is 5.37. The van der Waals surface area contributed by atoms with Crippen LogP contribution in [0.2, 0.25) is 0 Å². The van der Waals surface area contributed by atoms with Gasteiger partial charge in [0.05, 0.1) is 0 Å². The van der Waals surface area contributed by atoms with Gasteiger partial charge in [-0.1, -0.05) is 12.1 Å². The molecular formula is C18H21FN2OS. The van der Waals surface area contributed by atoms with E-state index in [1.807, 2.05) is 11.3 Å². The van der Waals surface area contributed by atoms with E-state index in [4.69, 9.17) is 0 Å². The van der Waals surface area contributed by atoms with Crippen molar-refractivity contribution in [1.29, 1.82) is 0 Å². The number of carbonyl (C=O) groups excluding carboxylic acids is 1. The van der Waals surface area contributed by atoms with Crippen LogP contribution in [0.15, 0.2) is 41.8 Å². The van der Waals surface area contributed by atoms with Crippen LogP contribution in [0.1, 0.15) is 34.0 Å². The van der Waals surface area contributed by atoms with Gasteiger partial charge in [-0.2, -0.15) is 0 Å². The highest BCUT2D eigenvalue weighted by molar-refractivity contribution is 7.10. The molecule has 1 aliphatic rings. The number of likely N-dealkylation sites (tertiary alicyclic amines) is 1. The zero-order valence-electron chi connectivity index (χ0n) is 13.0. The van der Waals surface area contributed by atoms with Crippen LogP contribution >= 0.6 is 11.3 Å². The van der Waals surface area contributed by atoms with E-state index >= 15 is 0 Å². The summed E-state index contributed by atoms with van der Waals surface area (Å²) in [6.45, 7) is 3.58. The molecule has 0 atom stereocenters. The fourth-order valence-corrected chi connectivity index (χ4v) is 3.92. The maximum absolute atomic E-state index is 13.1. The number of carbonyl (C=O) groups is 1. The number of piperidine rings is 1. The molecule has 1 saturated heterocycles. The summed E-state index contributed by atoms with van der Waals surface area (Å²) in [5, 5.41) is 5.01. The fraction of sp³-hybridized carbons (Fsp3) is 0.389. The zero-order valence-corrected chi connectivity index (χ0v) is 13.8. The van der Waals surface area contributed by atoms with Crippen molar-refractivity contribution in [1.82, 2.24) is 10.2 Å². The molecule has 0 spiro atoms. The molecule has 0 bridgehead atoms. The largest absolute Gasteiger partial charge is 0.351 e. The van der Waals surface area contributed by atoms with E-state index in [1.165, 1.54) is 29.9 Å². The Hall–Kier alpha value is -1.72. The molecule has 1 N–H and O–H groups in total. The number of hydrogen-bond acceptors (Lipinski definition) is 3. The summed E-state index contributed by atoms with van der Waals surface area (Å²) >= 11 is 1.85. The van der Waals surface area contributed by atoms with E-state index < -0.39 is 0 Å². The number of halogens is 1. The highest BCUT2D eigenvalue weighted by atomic mass is 32.1. The molecule has 0 radical (unpaired) electrons. The predicted octanol–water partition coefficient (Wildman–Crippen LogP) is 3.50. The Bertz CT molecular complexity index is 636. The number of nitrogens with zero attached hydrogens (tertiary/aromatic N) is 1. The highest BCUT2D eigenvalue weighted by Crippen LogP contribution is 2.30. The minimum Gasteiger partial charge on any atom is -0.351 e. The molecule has 3 nitrogen and oxygen atoms in total. The molecule has 5 heteroatoms. The second kappa shape index (κ2) is 7.70. The summed E-state index contributed by atoms with van der Waals surface area (Å²) in [4.78, 5) is 15.8. The minimum atomic E-state index is -0.381. The normalized spacial score (nSPS) is 16.4. The molecule has 0 aliphatic carbocycles. The Morgan fingerprint density at radius 1 is 1.26 bits per heavy atom. The molecule has 3 rings (SSSR count). The lowest BCUT2D eigenvalue weighted by Gasteiger charge is -2.31. The quantitative estimate of drug-likeness (QED) is 0.909. The Kier molecular flexibility index (Phi) is 5.41. The Labute approximate surface area is 140 Å². The lowest BCUT2D eigenvalue weighted by Crippen LogP contribution is -2.39. The maximum Gasteiger partial charge on any atom is 0.251 e. The molecule has 1 amide bonds. The molecule has 23 heavy (non-hydrogen) atoms. The summed E-state index contributed by atoms with van der Waals surface area (Å²) in [5.41, 5.74) is 0.376. The number of benzene rings is 1. The lowest BCUT2D eigenvalue weighted by molar-refractivity contribution is 0.0945. The standard InChI is InChI=1S/C18H21FN2OS/c19-16-4-1-3-15(13-16)18(22)20-8-11-21-9-6-14(7-10-21)17-5-2-12-23-17/h1-5,12-14H,6-11H2,(H,20,22). The van der Waals surface area contributed by atoms with Crippen LogP contribution in [-0.2, 0) is 0 Å². The van der Waals surface area contributed by atoms with Crippen LogP contribution < -0.4 is 5.32 Å². The monoisotopic (exact) mass is 332 g/mol. The third-order valence-electron chi connectivity index (χ3n) is 4.33. The molecule has 0 unspecified atom stereocenters. The molecule has 2 heterocycles. The van der Waals surface area contributed by atoms with Crippen molar-refractivity contribution < 1.29 is 9.18 Å². The van der Waals surface area contributed by atoms with E-state index in [1.54, 1.807) is 12.1 Å². The van der Waals surface area contributed by atoms with E-state index in [9.17, 15) is 9.18 Å². The van der Waals surface area contributed by atoms with Crippen LogP contribution in [0.3, 0.4) is 0 Å². The van der Waals surface area contributed by atoms with Gasteiger partial charge in [0.25, 0.3) is 5.91 Å². The van der Waals surface area contributed by atoms with Crippen molar-refractivity contribution in [2.24, 2.45) is 0 Å². The van der Waals surface area contributed by atoms with E-state index in [-0.39, 0.29) is 11.7 Å². The zero-order chi connectivity index (χ0) is 16.1. The van der Waals surface area contributed by atoms with Gasteiger partial charge >= 0.3 is 0 Å². The van der Waals surface area contributed by atoms with Gasteiger partial charge in [0.2, 0.25) is 0 Å². The first kappa shape index (κ1) is 16.1. The lowest BCUT2D eigenvalue weighted by atomic mass is 9.95. The van der Waals surface area contributed by atoms with Crippen molar-refractivity contribution in [3.05, 3.63) is 58.0 Å². The van der Waals surface area contributed by atoms with Crippen LogP contribution in [0.5, 0.6) is 0 Å². The van der Waals surface area contributed by atoms with Gasteiger partial charge in [-0.15, -0.1) is 11.3 Å². The Morgan fingerprint density at radius 3 is 2.78 bits per heavy atom. The summed E-state index contributed by atoms with van der Waals surface area (Å²) in [5.74, 6) is 0.0967. The number of hydrogen-bond donors (Lipinski definition) is 1. The third kappa shape index (κ3) is 4.39. The second-order valence-corrected chi connectivity index (χ2v) is 6.88. The van der Waals surface area contributed by atoms with Crippen LogP contribution in [-0.4, -0.2) is 37.0 Å². The molecule has 1 aromatic heterocycles. The average molecular weight is 332 g/mol. The van der Waals surface area contributed by atoms with Crippen molar-refractivity contribution in [3.8, 4) is 0 Å². The Balaban J connectivity index is 1.39. The van der Waals surface area contributed by atoms with Gasteiger partial charge in [0.15, 0.2) is 0 Å². The highest BCUT2D eigenvalue weighted by Gasteiger charge is 2.20. The first-order chi connectivity index (χ1) is 11.2. The van der Waals surface area contributed by atoms with Crippen molar-refractivity contribution in [2.45, 2.75) is 18.8 Å². The molecule has 1 fully saturated rings. The SMILES string of the molecule is O=C(NCCN1CCC(c2cccs2)CC1)c1cccc(F)c1. The predicted molar refractivity (Wildman–Crippen MR) is 91.5 cm³/mol. The summed E-state index contributed by atoms with van der Waals surface area (Å²) in [6, 6.07) is 10.1. The van der Waals surface area contributed by atoms with E-state index in [2.05, 4.69) is 27.7 Å². The van der Waals surface area contributed by atoms with Crippen molar-refractivity contribution in [2.75, 3.05) is 26.2 Å². The maximum atomic E-state index is 13.1. The molecular weight excluding hydrogens is 311 g/mol. The number of amides is 1. The fourth-order valence-electron chi connectivity index (χ4n) is 3.02. The van der Waals surface area contributed by atoms with Gasteiger partial charge in [0, 0.05) is 23.5 Å². The van der Waals surface area contributed by atoms with Gasteiger partial charge in [0.1, 0.15) is 5.82 Å². The van der Waals surface area contributed by atoms with E-state index in [0.717, 1.165) is 19.6 Å². The van der Waals surface area contributed by atoms with Crippen LogP contribution in [0.25, 0.3) is 0 Å². The van der Waals surface area contributed by atoms with Crippen LogP contribution in [0.4, 0.5) is 4.39 Å². The van der Waals surface area contributed by atoms with Crippen molar-refractivity contribution in [3.63, 3.8) is 0 Å². The van der Waals surface area contributed by atoms with Gasteiger partial charge in [-0.05, 0) is 61.5 Å². The molecule has 2 aromatic rings. The van der Waals surface area contributed by atoms with Gasteiger partial charge in [-0.25, -0.2) is 4.39 Å². The van der Waals surface area contributed by atoms with Crippen LogP contribution in [0, 0.1) is 5.82 Å². The average Bonchev–Trinajstić information content (AvgIpc) is 3.10. The molecule has 0 saturated carbocycles. The summed E-state index contributed by atoms with van der Waals surface area (Å²) in [6.07, 6.45) is 2.36. The number of nitrogens with one attached hydrogen (secondary N) is 1. The first-order valence-corrected chi connectivity index (χ1v) is 8.90.